The van der Waals surface area contributed by atoms with Crippen LogP contribution in [0.4, 0.5) is 8.78 Å². The zero-order valence-corrected chi connectivity index (χ0v) is 11.6. The highest BCUT2D eigenvalue weighted by molar-refractivity contribution is 5.81. The molecule has 0 aliphatic rings. The maximum Gasteiger partial charge on any atom is 0.193 e. The van der Waals surface area contributed by atoms with Gasteiger partial charge in [0.2, 0.25) is 0 Å². The van der Waals surface area contributed by atoms with Crippen molar-refractivity contribution in [3.63, 3.8) is 0 Å². The zero-order valence-electron chi connectivity index (χ0n) is 11.6. The number of halogens is 2. The summed E-state index contributed by atoms with van der Waals surface area (Å²) in [5, 5.41) is 0.431. The molecule has 0 unspecified atom stereocenters. The van der Waals surface area contributed by atoms with Gasteiger partial charge in [0.15, 0.2) is 5.43 Å². The summed E-state index contributed by atoms with van der Waals surface area (Å²) in [6.45, 7) is 3.67. The minimum atomic E-state index is -0.725. The molecule has 110 valence electrons. The summed E-state index contributed by atoms with van der Waals surface area (Å²) in [6.07, 6.45) is 2.23. The van der Waals surface area contributed by atoms with Gasteiger partial charge in [-0.05, 0) is 30.2 Å². The molecule has 3 rings (SSSR count). The van der Waals surface area contributed by atoms with Crippen LogP contribution in [0.15, 0.2) is 64.3 Å². The quantitative estimate of drug-likeness (QED) is 0.668. The summed E-state index contributed by atoms with van der Waals surface area (Å²) in [7, 11) is 0. The molecule has 0 saturated heterocycles. The smallest absolute Gasteiger partial charge is 0.193 e. The molecule has 0 spiro atoms. The fourth-order valence-corrected chi connectivity index (χ4v) is 2.39. The Bertz CT molecular complexity index is 906. The summed E-state index contributed by atoms with van der Waals surface area (Å²) in [6, 6.07) is 9.51. The van der Waals surface area contributed by atoms with Gasteiger partial charge in [0.05, 0.1) is 5.39 Å². The largest absolute Gasteiger partial charge is 0.456 e. The summed E-state index contributed by atoms with van der Waals surface area (Å²) in [5.74, 6) is -1.32. The Hall–Kier alpha value is -2.75. The molecule has 2 aromatic carbocycles. The number of para-hydroxylation sites is 1. The van der Waals surface area contributed by atoms with E-state index in [9.17, 15) is 13.6 Å². The maximum absolute atomic E-state index is 13.4. The van der Waals surface area contributed by atoms with E-state index in [1.165, 1.54) is 6.07 Å². The van der Waals surface area contributed by atoms with Crippen molar-refractivity contribution in [3.8, 4) is 11.3 Å². The molecule has 4 heteroatoms. The van der Waals surface area contributed by atoms with Gasteiger partial charge in [-0.2, -0.15) is 0 Å². The first kappa shape index (κ1) is 14.2. The zero-order chi connectivity index (χ0) is 15.7. The van der Waals surface area contributed by atoms with Gasteiger partial charge in [0.25, 0.3) is 0 Å². The van der Waals surface area contributed by atoms with E-state index in [1.807, 2.05) is 6.07 Å². The Kier molecular flexibility index (Phi) is 3.59. The van der Waals surface area contributed by atoms with E-state index in [0.29, 0.717) is 17.4 Å². The summed E-state index contributed by atoms with van der Waals surface area (Å²) < 4.78 is 32.5. The molecule has 0 aliphatic heterocycles. The van der Waals surface area contributed by atoms with Crippen LogP contribution in [0.2, 0.25) is 0 Å². The van der Waals surface area contributed by atoms with Crippen molar-refractivity contribution in [1.82, 2.24) is 0 Å². The molecule has 0 amide bonds. The standard InChI is InChI=1S/C18H12F2O2/c1-2-4-11-5-3-6-15-16(21)10-17(22-18(11)15)12-7-13(19)9-14(20)8-12/h2-3,5-10H,1,4H2. The monoisotopic (exact) mass is 298 g/mol. The first-order valence-electron chi connectivity index (χ1n) is 6.71. The Morgan fingerprint density at radius 2 is 1.82 bits per heavy atom. The first-order chi connectivity index (χ1) is 10.6. The van der Waals surface area contributed by atoms with Crippen LogP contribution in [0.3, 0.4) is 0 Å². The van der Waals surface area contributed by atoms with Crippen LogP contribution in [0.25, 0.3) is 22.3 Å². The van der Waals surface area contributed by atoms with Gasteiger partial charge in [-0.1, -0.05) is 18.2 Å². The number of hydrogen-bond acceptors (Lipinski definition) is 2. The highest BCUT2D eigenvalue weighted by atomic mass is 19.1. The lowest BCUT2D eigenvalue weighted by molar-refractivity contribution is 0.578. The molecule has 3 aromatic rings. The topological polar surface area (TPSA) is 30.2 Å². The second kappa shape index (κ2) is 5.56. The van der Waals surface area contributed by atoms with Crippen LogP contribution in [0.5, 0.6) is 0 Å². The van der Waals surface area contributed by atoms with E-state index in [4.69, 9.17) is 4.42 Å². The van der Waals surface area contributed by atoms with Gasteiger partial charge in [-0.15, -0.1) is 6.58 Å². The number of hydrogen-bond donors (Lipinski definition) is 0. The predicted octanol–water partition coefficient (Wildman–Crippen LogP) is 4.47. The predicted molar refractivity (Wildman–Crippen MR) is 81.7 cm³/mol. The molecule has 0 saturated carbocycles. The number of benzene rings is 2. The lowest BCUT2D eigenvalue weighted by Crippen LogP contribution is -2.02. The average molecular weight is 298 g/mol. The molecule has 1 aromatic heterocycles. The Balaban J connectivity index is 2.29. The number of fused-ring (bicyclic) bond motifs is 1. The fourth-order valence-electron chi connectivity index (χ4n) is 2.39. The van der Waals surface area contributed by atoms with E-state index in [-0.39, 0.29) is 16.8 Å². The van der Waals surface area contributed by atoms with Crippen molar-refractivity contribution in [2.45, 2.75) is 6.42 Å². The van der Waals surface area contributed by atoms with Crippen LogP contribution in [-0.2, 0) is 6.42 Å². The van der Waals surface area contributed by atoms with Crippen molar-refractivity contribution >= 4 is 11.0 Å². The van der Waals surface area contributed by atoms with E-state index in [0.717, 1.165) is 23.8 Å². The van der Waals surface area contributed by atoms with E-state index < -0.39 is 11.6 Å². The second-order valence-electron chi connectivity index (χ2n) is 4.92. The van der Waals surface area contributed by atoms with Crippen molar-refractivity contribution < 1.29 is 13.2 Å². The third-order valence-corrected chi connectivity index (χ3v) is 3.35. The van der Waals surface area contributed by atoms with Gasteiger partial charge in [0, 0.05) is 17.7 Å². The van der Waals surface area contributed by atoms with Crippen molar-refractivity contribution in [1.29, 1.82) is 0 Å². The highest BCUT2D eigenvalue weighted by Crippen LogP contribution is 2.26. The van der Waals surface area contributed by atoms with Crippen LogP contribution < -0.4 is 5.43 Å². The summed E-state index contributed by atoms with van der Waals surface area (Å²) in [4.78, 5) is 12.2. The molecular formula is C18H12F2O2. The van der Waals surface area contributed by atoms with Gasteiger partial charge in [-0.25, -0.2) is 8.78 Å². The molecule has 0 atom stereocenters. The third kappa shape index (κ3) is 2.55. The van der Waals surface area contributed by atoms with Crippen LogP contribution in [0, 0.1) is 11.6 Å². The van der Waals surface area contributed by atoms with E-state index in [2.05, 4.69) is 6.58 Å². The maximum atomic E-state index is 13.4. The molecule has 2 nitrogen and oxygen atoms in total. The molecule has 1 heterocycles. The molecule has 0 radical (unpaired) electrons. The number of allylic oxidation sites excluding steroid dienone is 1. The number of rotatable bonds is 3. The van der Waals surface area contributed by atoms with E-state index in [1.54, 1.807) is 18.2 Å². The van der Waals surface area contributed by atoms with Gasteiger partial charge in [-0.3, -0.25) is 4.79 Å². The molecule has 22 heavy (non-hydrogen) atoms. The van der Waals surface area contributed by atoms with Crippen LogP contribution >= 0.6 is 0 Å². The van der Waals surface area contributed by atoms with Crippen LogP contribution in [0.1, 0.15) is 5.56 Å². The summed E-state index contributed by atoms with van der Waals surface area (Å²) in [5.41, 5.74) is 1.13. The Morgan fingerprint density at radius 1 is 1.09 bits per heavy atom. The Morgan fingerprint density at radius 3 is 2.50 bits per heavy atom. The second-order valence-corrected chi connectivity index (χ2v) is 4.92. The van der Waals surface area contributed by atoms with Gasteiger partial charge in [0.1, 0.15) is 23.0 Å². The molecule has 0 bridgehead atoms. The molecule has 0 N–H and O–H groups in total. The van der Waals surface area contributed by atoms with Crippen molar-refractivity contribution in [3.05, 3.63) is 82.5 Å². The Labute approximate surface area is 125 Å². The average Bonchev–Trinajstić information content (AvgIpc) is 2.47. The van der Waals surface area contributed by atoms with Crippen molar-refractivity contribution in [2.24, 2.45) is 0 Å². The van der Waals surface area contributed by atoms with Crippen molar-refractivity contribution in [2.75, 3.05) is 0 Å². The normalized spacial score (nSPS) is 10.8. The highest BCUT2D eigenvalue weighted by Gasteiger charge is 2.11. The first-order valence-corrected chi connectivity index (χ1v) is 6.71. The van der Waals surface area contributed by atoms with Gasteiger partial charge < -0.3 is 4.42 Å². The van der Waals surface area contributed by atoms with E-state index >= 15 is 0 Å². The third-order valence-electron chi connectivity index (χ3n) is 3.35. The minimum Gasteiger partial charge on any atom is -0.456 e. The summed E-state index contributed by atoms with van der Waals surface area (Å²) >= 11 is 0. The molecule has 0 fully saturated rings. The van der Waals surface area contributed by atoms with Crippen LogP contribution in [-0.4, -0.2) is 0 Å². The minimum absolute atomic E-state index is 0.132. The fraction of sp³-hybridized carbons (Fsp3) is 0.0556. The van der Waals surface area contributed by atoms with Gasteiger partial charge >= 0.3 is 0 Å². The molecular weight excluding hydrogens is 286 g/mol. The molecule has 0 aliphatic carbocycles. The lowest BCUT2D eigenvalue weighted by Gasteiger charge is -2.07. The SMILES string of the molecule is C=CCc1cccc2c(=O)cc(-c3cc(F)cc(F)c3)oc12. The lowest BCUT2D eigenvalue weighted by atomic mass is 10.1.